The second kappa shape index (κ2) is 4.97. The topological polar surface area (TPSA) is 73.4 Å². The fourth-order valence-corrected chi connectivity index (χ4v) is 2.24. The number of rotatable bonds is 2. The summed E-state index contributed by atoms with van der Waals surface area (Å²) in [5, 5.41) is 4.14. The molecule has 100 valence electrons. The van der Waals surface area contributed by atoms with Crippen molar-refractivity contribution in [3.05, 3.63) is 11.9 Å². The van der Waals surface area contributed by atoms with Crippen LogP contribution in [0.5, 0.6) is 0 Å². The molecule has 18 heavy (non-hydrogen) atoms. The Morgan fingerprint density at radius 3 is 2.94 bits per heavy atom. The molecular weight excluding hydrogens is 232 g/mol. The van der Waals surface area contributed by atoms with Crippen LogP contribution < -0.4 is 5.73 Å². The predicted octanol–water partition coefficient (Wildman–Crippen LogP) is 0.642. The fraction of sp³-hybridized carbons (Fsp3) is 0.667. The zero-order valence-electron chi connectivity index (χ0n) is 11.1. The lowest BCUT2D eigenvalue weighted by atomic mass is 10.1. The van der Waals surface area contributed by atoms with E-state index in [1.54, 1.807) is 17.9 Å². The Bertz CT molecular complexity index is 443. The van der Waals surface area contributed by atoms with Gasteiger partial charge in [0.1, 0.15) is 0 Å². The van der Waals surface area contributed by atoms with Gasteiger partial charge < -0.3 is 15.4 Å². The second-order valence-electron chi connectivity index (χ2n) is 4.77. The van der Waals surface area contributed by atoms with Crippen LogP contribution in [-0.4, -0.2) is 45.9 Å². The van der Waals surface area contributed by atoms with E-state index in [0.29, 0.717) is 24.5 Å². The Morgan fingerprint density at radius 2 is 2.39 bits per heavy atom. The van der Waals surface area contributed by atoms with E-state index in [2.05, 4.69) is 5.10 Å². The van der Waals surface area contributed by atoms with E-state index in [4.69, 9.17) is 10.5 Å². The summed E-state index contributed by atoms with van der Waals surface area (Å²) in [6, 6.07) is 0.107. The molecule has 2 N–H and O–H groups in total. The molecule has 1 aromatic rings. The van der Waals surface area contributed by atoms with Gasteiger partial charge in [-0.2, -0.15) is 5.10 Å². The van der Waals surface area contributed by atoms with Gasteiger partial charge in [0.25, 0.3) is 5.91 Å². The first-order valence-corrected chi connectivity index (χ1v) is 6.24. The number of carbonyl (C=O) groups is 1. The zero-order valence-corrected chi connectivity index (χ0v) is 11.1. The van der Waals surface area contributed by atoms with Crippen LogP contribution >= 0.6 is 0 Å². The van der Waals surface area contributed by atoms with Gasteiger partial charge in [0.05, 0.1) is 24.4 Å². The Labute approximate surface area is 107 Å². The highest BCUT2D eigenvalue weighted by atomic mass is 16.5. The van der Waals surface area contributed by atoms with Crippen LogP contribution in [0.1, 0.15) is 30.8 Å². The third-order valence-corrected chi connectivity index (χ3v) is 3.26. The minimum absolute atomic E-state index is 0.0571. The lowest BCUT2D eigenvalue weighted by Crippen LogP contribution is -2.51. The molecular formula is C12H20N4O2. The molecule has 0 radical (unpaired) electrons. The van der Waals surface area contributed by atoms with Crippen LogP contribution in [0.15, 0.2) is 6.20 Å². The molecule has 0 aromatic carbocycles. The SMILES string of the molecule is CCC1COC(C)CN1C(=O)c1nn(C)cc1N. The summed E-state index contributed by atoms with van der Waals surface area (Å²) in [5.41, 5.74) is 6.57. The summed E-state index contributed by atoms with van der Waals surface area (Å²) in [5.74, 6) is -0.102. The zero-order chi connectivity index (χ0) is 13.3. The monoisotopic (exact) mass is 252 g/mol. The highest BCUT2D eigenvalue weighted by Gasteiger charge is 2.32. The lowest BCUT2D eigenvalue weighted by Gasteiger charge is -2.38. The molecule has 0 aliphatic carbocycles. The van der Waals surface area contributed by atoms with Gasteiger partial charge >= 0.3 is 0 Å². The number of nitrogens with two attached hydrogens (primary N) is 1. The minimum Gasteiger partial charge on any atom is -0.396 e. The van der Waals surface area contributed by atoms with Crippen LogP contribution in [0.2, 0.25) is 0 Å². The second-order valence-corrected chi connectivity index (χ2v) is 4.77. The Hall–Kier alpha value is -1.56. The van der Waals surface area contributed by atoms with Crippen LogP contribution in [0, 0.1) is 0 Å². The van der Waals surface area contributed by atoms with Crippen molar-refractivity contribution in [3.63, 3.8) is 0 Å². The number of hydrogen-bond acceptors (Lipinski definition) is 4. The van der Waals surface area contributed by atoms with Crippen molar-refractivity contribution in [1.82, 2.24) is 14.7 Å². The summed E-state index contributed by atoms with van der Waals surface area (Å²) >= 11 is 0. The third kappa shape index (κ3) is 2.33. The molecule has 1 amide bonds. The number of anilines is 1. The first-order valence-electron chi connectivity index (χ1n) is 6.24. The number of aromatic nitrogens is 2. The van der Waals surface area contributed by atoms with E-state index in [0.717, 1.165) is 6.42 Å². The number of aryl methyl sites for hydroxylation is 1. The maximum Gasteiger partial charge on any atom is 0.276 e. The van der Waals surface area contributed by atoms with Gasteiger partial charge in [-0.25, -0.2) is 0 Å². The molecule has 2 rings (SSSR count). The Balaban J connectivity index is 2.23. The van der Waals surface area contributed by atoms with Crippen molar-refractivity contribution in [3.8, 4) is 0 Å². The van der Waals surface area contributed by atoms with Gasteiger partial charge in [0.15, 0.2) is 5.69 Å². The molecule has 0 bridgehead atoms. The van der Waals surface area contributed by atoms with Gasteiger partial charge in [-0.3, -0.25) is 9.48 Å². The normalized spacial score (nSPS) is 24.3. The van der Waals surface area contributed by atoms with Crippen LogP contribution in [0.3, 0.4) is 0 Å². The minimum atomic E-state index is -0.102. The molecule has 2 unspecified atom stereocenters. The quantitative estimate of drug-likeness (QED) is 0.838. The first kappa shape index (κ1) is 12.9. The van der Waals surface area contributed by atoms with E-state index in [9.17, 15) is 4.79 Å². The van der Waals surface area contributed by atoms with Crippen LogP contribution in [0.4, 0.5) is 5.69 Å². The van der Waals surface area contributed by atoms with Gasteiger partial charge in [-0.05, 0) is 13.3 Å². The van der Waals surface area contributed by atoms with Gasteiger partial charge in [0.2, 0.25) is 0 Å². The fourth-order valence-electron chi connectivity index (χ4n) is 2.24. The van der Waals surface area contributed by atoms with Crippen LogP contribution in [0.25, 0.3) is 0 Å². The van der Waals surface area contributed by atoms with Crippen molar-refractivity contribution in [2.45, 2.75) is 32.4 Å². The maximum absolute atomic E-state index is 12.5. The average Bonchev–Trinajstić information content (AvgIpc) is 2.67. The molecule has 1 fully saturated rings. The van der Waals surface area contributed by atoms with Crippen molar-refractivity contribution in [1.29, 1.82) is 0 Å². The van der Waals surface area contributed by atoms with Crippen molar-refractivity contribution < 1.29 is 9.53 Å². The largest absolute Gasteiger partial charge is 0.396 e. The molecule has 0 saturated carbocycles. The van der Waals surface area contributed by atoms with Gasteiger partial charge in [-0.1, -0.05) is 6.92 Å². The Kier molecular flexibility index (Phi) is 3.56. The molecule has 6 heteroatoms. The smallest absolute Gasteiger partial charge is 0.276 e. The van der Waals surface area contributed by atoms with Crippen LogP contribution in [-0.2, 0) is 11.8 Å². The number of ether oxygens (including phenoxy) is 1. The molecule has 1 aliphatic rings. The summed E-state index contributed by atoms with van der Waals surface area (Å²) < 4.78 is 7.15. The first-order chi connectivity index (χ1) is 8.52. The lowest BCUT2D eigenvalue weighted by molar-refractivity contribution is -0.0445. The summed E-state index contributed by atoms with van der Waals surface area (Å²) in [7, 11) is 1.76. The molecule has 2 atom stereocenters. The predicted molar refractivity (Wildman–Crippen MR) is 68.1 cm³/mol. The average molecular weight is 252 g/mol. The molecule has 0 spiro atoms. The Morgan fingerprint density at radius 1 is 1.67 bits per heavy atom. The van der Waals surface area contributed by atoms with Crippen molar-refractivity contribution in [2.24, 2.45) is 7.05 Å². The highest BCUT2D eigenvalue weighted by molar-refractivity contribution is 5.97. The highest BCUT2D eigenvalue weighted by Crippen LogP contribution is 2.19. The number of nitrogens with zero attached hydrogens (tertiary/aromatic N) is 3. The molecule has 1 aliphatic heterocycles. The third-order valence-electron chi connectivity index (χ3n) is 3.26. The van der Waals surface area contributed by atoms with E-state index in [-0.39, 0.29) is 18.1 Å². The molecule has 1 aromatic heterocycles. The standard InChI is InChI=1S/C12H20N4O2/c1-4-9-7-18-8(2)5-16(9)12(17)11-10(13)6-15(3)14-11/h6,8-9H,4-5,7,13H2,1-3H3. The number of amides is 1. The molecule has 1 saturated heterocycles. The van der Waals surface area contributed by atoms with Gasteiger partial charge in [-0.15, -0.1) is 0 Å². The van der Waals surface area contributed by atoms with Crippen molar-refractivity contribution in [2.75, 3.05) is 18.9 Å². The van der Waals surface area contributed by atoms with E-state index < -0.39 is 0 Å². The number of hydrogen-bond donors (Lipinski definition) is 1. The maximum atomic E-state index is 12.5. The van der Waals surface area contributed by atoms with E-state index >= 15 is 0 Å². The summed E-state index contributed by atoms with van der Waals surface area (Å²) in [4.78, 5) is 14.3. The van der Waals surface area contributed by atoms with E-state index in [1.165, 1.54) is 0 Å². The van der Waals surface area contributed by atoms with Gasteiger partial charge in [0, 0.05) is 19.8 Å². The summed E-state index contributed by atoms with van der Waals surface area (Å²) in [6.45, 7) is 5.18. The number of nitrogen functional groups attached to an aromatic ring is 1. The summed E-state index contributed by atoms with van der Waals surface area (Å²) in [6.07, 6.45) is 2.57. The molecule has 2 heterocycles. The van der Waals surface area contributed by atoms with Crippen molar-refractivity contribution >= 4 is 11.6 Å². The number of morpholine rings is 1. The molecule has 6 nitrogen and oxygen atoms in total. The van der Waals surface area contributed by atoms with E-state index in [1.807, 2.05) is 18.7 Å². The number of carbonyl (C=O) groups excluding carboxylic acids is 1.